The summed E-state index contributed by atoms with van der Waals surface area (Å²) in [6.07, 6.45) is 0. The Morgan fingerprint density at radius 2 is 2.14 bits per heavy atom. The summed E-state index contributed by atoms with van der Waals surface area (Å²) in [6, 6.07) is 1.38. The van der Waals surface area contributed by atoms with E-state index in [2.05, 4.69) is 0 Å². The van der Waals surface area contributed by atoms with Crippen LogP contribution in [0.4, 0.5) is 15.8 Å². The molecule has 74 valence electrons. The molecule has 0 saturated carbocycles. The summed E-state index contributed by atoms with van der Waals surface area (Å²) in [5, 5.41) is 18.8. The highest BCUT2D eigenvalue weighted by Gasteiger charge is 2.19. The standard InChI is InChI=1S/C7H5FN2O4/c8-6-4(7(11)12)1-3(10(13)14)2-5(6)9/h1-2H,9H2,(H,11,12). The number of aromatic carboxylic acids is 1. The molecule has 7 heteroatoms. The number of nitrogen functional groups attached to an aromatic ring is 1. The highest BCUT2D eigenvalue weighted by Crippen LogP contribution is 2.22. The van der Waals surface area contributed by atoms with E-state index in [1.54, 1.807) is 0 Å². The minimum Gasteiger partial charge on any atom is -0.478 e. The summed E-state index contributed by atoms with van der Waals surface area (Å²) in [6.45, 7) is 0. The second-order valence-electron chi connectivity index (χ2n) is 2.46. The zero-order chi connectivity index (χ0) is 10.9. The first-order valence-electron chi connectivity index (χ1n) is 3.40. The number of carboxylic acid groups (broad SMARTS) is 1. The molecule has 1 rings (SSSR count). The van der Waals surface area contributed by atoms with E-state index in [-0.39, 0.29) is 0 Å². The number of carboxylic acids is 1. The molecule has 3 N–H and O–H groups in total. The number of benzene rings is 1. The molecule has 0 bridgehead atoms. The molecule has 0 radical (unpaired) electrons. The van der Waals surface area contributed by atoms with Gasteiger partial charge in [0.15, 0.2) is 5.82 Å². The average Bonchev–Trinajstić information content (AvgIpc) is 2.08. The third-order valence-electron chi connectivity index (χ3n) is 1.53. The summed E-state index contributed by atoms with van der Waals surface area (Å²) in [5.74, 6) is -2.76. The topological polar surface area (TPSA) is 106 Å². The van der Waals surface area contributed by atoms with Crippen LogP contribution in [0.2, 0.25) is 0 Å². The van der Waals surface area contributed by atoms with Crippen LogP contribution in [0.5, 0.6) is 0 Å². The van der Waals surface area contributed by atoms with Gasteiger partial charge < -0.3 is 10.8 Å². The summed E-state index contributed by atoms with van der Waals surface area (Å²) in [7, 11) is 0. The Morgan fingerprint density at radius 1 is 1.57 bits per heavy atom. The van der Waals surface area contributed by atoms with Crippen molar-refractivity contribution in [2.45, 2.75) is 0 Å². The van der Waals surface area contributed by atoms with Crippen molar-refractivity contribution in [3.8, 4) is 0 Å². The number of carbonyl (C=O) groups is 1. The Kier molecular flexibility index (Phi) is 2.32. The number of nitrogens with zero attached hydrogens (tertiary/aromatic N) is 1. The lowest BCUT2D eigenvalue weighted by Gasteiger charge is -2.00. The number of hydrogen-bond acceptors (Lipinski definition) is 4. The number of hydrogen-bond donors (Lipinski definition) is 2. The van der Waals surface area contributed by atoms with Gasteiger partial charge in [-0.25, -0.2) is 9.18 Å². The smallest absolute Gasteiger partial charge is 0.339 e. The van der Waals surface area contributed by atoms with Gasteiger partial charge in [0.2, 0.25) is 0 Å². The monoisotopic (exact) mass is 200 g/mol. The SMILES string of the molecule is Nc1cc([N+](=O)[O-])cc(C(=O)O)c1F. The van der Waals surface area contributed by atoms with Gasteiger partial charge in [0.25, 0.3) is 5.69 Å². The molecule has 0 atom stereocenters. The summed E-state index contributed by atoms with van der Waals surface area (Å²) in [4.78, 5) is 19.9. The van der Waals surface area contributed by atoms with E-state index in [4.69, 9.17) is 10.8 Å². The number of halogens is 1. The van der Waals surface area contributed by atoms with Crippen LogP contribution >= 0.6 is 0 Å². The maximum atomic E-state index is 13.0. The van der Waals surface area contributed by atoms with Crippen molar-refractivity contribution < 1.29 is 19.2 Å². The molecular formula is C7H5FN2O4. The van der Waals surface area contributed by atoms with Crippen LogP contribution in [0.25, 0.3) is 0 Å². The normalized spacial score (nSPS) is 9.79. The second-order valence-corrected chi connectivity index (χ2v) is 2.46. The number of non-ortho nitro benzene ring substituents is 1. The minimum atomic E-state index is -1.60. The van der Waals surface area contributed by atoms with Gasteiger partial charge in [-0.15, -0.1) is 0 Å². The van der Waals surface area contributed by atoms with Crippen molar-refractivity contribution in [1.29, 1.82) is 0 Å². The lowest BCUT2D eigenvalue weighted by atomic mass is 10.1. The van der Waals surface area contributed by atoms with Crippen molar-refractivity contribution in [3.63, 3.8) is 0 Å². The predicted octanol–water partition coefficient (Wildman–Crippen LogP) is 1.01. The van der Waals surface area contributed by atoms with Gasteiger partial charge in [0, 0.05) is 12.1 Å². The van der Waals surface area contributed by atoms with Crippen molar-refractivity contribution in [1.82, 2.24) is 0 Å². The summed E-state index contributed by atoms with van der Waals surface area (Å²) in [5.41, 5.74) is 3.13. The molecule has 6 nitrogen and oxygen atoms in total. The average molecular weight is 200 g/mol. The van der Waals surface area contributed by atoms with E-state index >= 15 is 0 Å². The predicted molar refractivity (Wildman–Crippen MR) is 44.4 cm³/mol. The Hall–Kier alpha value is -2.18. The zero-order valence-electron chi connectivity index (χ0n) is 6.73. The molecule has 0 heterocycles. The molecular weight excluding hydrogens is 195 g/mol. The van der Waals surface area contributed by atoms with Gasteiger partial charge in [0.05, 0.1) is 10.6 Å². The van der Waals surface area contributed by atoms with Crippen LogP contribution in [-0.4, -0.2) is 16.0 Å². The number of nitrogens with two attached hydrogens (primary N) is 1. The molecule has 0 amide bonds. The first-order valence-corrected chi connectivity index (χ1v) is 3.40. The highest BCUT2D eigenvalue weighted by molar-refractivity contribution is 5.90. The molecule has 0 aromatic heterocycles. The maximum Gasteiger partial charge on any atom is 0.339 e. The summed E-state index contributed by atoms with van der Waals surface area (Å²) >= 11 is 0. The molecule has 0 saturated heterocycles. The van der Waals surface area contributed by atoms with Crippen LogP contribution in [0, 0.1) is 15.9 Å². The number of rotatable bonds is 2. The fraction of sp³-hybridized carbons (Fsp3) is 0. The molecule has 1 aromatic rings. The molecule has 0 aliphatic heterocycles. The number of nitro groups is 1. The Labute approximate surface area is 76.9 Å². The fourth-order valence-corrected chi connectivity index (χ4v) is 0.892. The lowest BCUT2D eigenvalue weighted by molar-refractivity contribution is -0.384. The Bertz CT molecular complexity index is 418. The molecule has 0 spiro atoms. The van der Waals surface area contributed by atoms with Crippen LogP contribution in [0.15, 0.2) is 12.1 Å². The molecule has 0 aliphatic rings. The minimum absolute atomic E-state index is 0.554. The van der Waals surface area contributed by atoms with Crippen molar-refractivity contribution in [2.24, 2.45) is 0 Å². The van der Waals surface area contributed by atoms with E-state index < -0.39 is 33.6 Å². The van der Waals surface area contributed by atoms with Gasteiger partial charge in [-0.05, 0) is 0 Å². The van der Waals surface area contributed by atoms with E-state index in [1.807, 2.05) is 0 Å². The van der Waals surface area contributed by atoms with E-state index in [9.17, 15) is 19.3 Å². The second kappa shape index (κ2) is 3.29. The molecule has 0 aliphatic carbocycles. The molecule has 0 unspecified atom stereocenters. The highest BCUT2D eigenvalue weighted by atomic mass is 19.1. The zero-order valence-corrected chi connectivity index (χ0v) is 6.73. The summed E-state index contributed by atoms with van der Waals surface area (Å²) < 4.78 is 13.0. The third kappa shape index (κ3) is 1.60. The largest absolute Gasteiger partial charge is 0.478 e. The quantitative estimate of drug-likeness (QED) is 0.421. The Morgan fingerprint density at radius 3 is 2.57 bits per heavy atom. The van der Waals surface area contributed by atoms with E-state index in [0.717, 1.165) is 6.07 Å². The number of nitro benzene ring substituents is 1. The lowest BCUT2D eigenvalue weighted by Crippen LogP contribution is -2.05. The van der Waals surface area contributed by atoms with Gasteiger partial charge >= 0.3 is 5.97 Å². The Balaban J connectivity index is 3.43. The van der Waals surface area contributed by atoms with Crippen LogP contribution < -0.4 is 5.73 Å². The first kappa shape index (κ1) is 9.90. The van der Waals surface area contributed by atoms with Crippen LogP contribution in [0.3, 0.4) is 0 Å². The fourth-order valence-electron chi connectivity index (χ4n) is 0.892. The van der Waals surface area contributed by atoms with Crippen LogP contribution in [0.1, 0.15) is 10.4 Å². The van der Waals surface area contributed by atoms with E-state index in [1.165, 1.54) is 0 Å². The van der Waals surface area contributed by atoms with Crippen molar-refractivity contribution >= 4 is 17.3 Å². The van der Waals surface area contributed by atoms with Gasteiger partial charge in [0.1, 0.15) is 5.56 Å². The van der Waals surface area contributed by atoms with Gasteiger partial charge in [-0.3, -0.25) is 10.1 Å². The molecule has 1 aromatic carbocycles. The number of anilines is 1. The van der Waals surface area contributed by atoms with E-state index in [0.29, 0.717) is 6.07 Å². The molecule has 0 fully saturated rings. The third-order valence-corrected chi connectivity index (χ3v) is 1.53. The van der Waals surface area contributed by atoms with Crippen LogP contribution in [-0.2, 0) is 0 Å². The van der Waals surface area contributed by atoms with Gasteiger partial charge in [-0.1, -0.05) is 0 Å². The van der Waals surface area contributed by atoms with Crippen molar-refractivity contribution in [3.05, 3.63) is 33.6 Å². The maximum absolute atomic E-state index is 13.0. The van der Waals surface area contributed by atoms with Gasteiger partial charge in [-0.2, -0.15) is 0 Å². The van der Waals surface area contributed by atoms with Crippen molar-refractivity contribution in [2.75, 3.05) is 5.73 Å². The molecule has 14 heavy (non-hydrogen) atoms. The first-order chi connectivity index (χ1) is 6.43.